The van der Waals surface area contributed by atoms with Crippen molar-refractivity contribution in [1.29, 1.82) is 0 Å². The summed E-state index contributed by atoms with van der Waals surface area (Å²) in [4.78, 5) is 9.61. The minimum atomic E-state index is -4.56. The number of phosphoric ester groups is 1. The Morgan fingerprint density at radius 1 is 1.09 bits per heavy atom. The summed E-state index contributed by atoms with van der Waals surface area (Å²) in [5.74, 6) is 0. The van der Waals surface area contributed by atoms with E-state index in [0.29, 0.717) is 0 Å². The van der Waals surface area contributed by atoms with Gasteiger partial charge in [-0.15, -0.1) is 0 Å². The molecule has 10 nitrogen and oxygen atoms in total. The first-order valence-electron chi connectivity index (χ1n) is 6.61. The Bertz CT molecular complexity index is 380. The Labute approximate surface area is 127 Å². The fraction of sp³-hybridized carbons (Fsp3) is 1.00. The third-order valence-corrected chi connectivity index (χ3v) is 4.34. The van der Waals surface area contributed by atoms with Crippen molar-refractivity contribution in [1.82, 2.24) is 0 Å². The van der Waals surface area contributed by atoms with Crippen molar-refractivity contribution in [2.45, 2.75) is 43.0 Å². The summed E-state index contributed by atoms with van der Waals surface area (Å²) in [7, 11) is -1.77. The van der Waals surface area contributed by atoms with Gasteiger partial charge >= 0.3 is 7.82 Å². The van der Waals surface area contributed by atoms with Crippen molar-refractivity contribution in [2.24, 2.45) is 0 Å². The van der Waals surface area contributed by atoms with Crippen LogP contribution in [0.15, 0.2) is 0 Å². The third kappa shape index (κ3) is 5.50. The highest BCUT2D eigenvalue weighted by atomic mass is 31.2. The smallest absolute Gasteiger partial charge is 0.390 e. The van der Waals surface area contributed by atoms with Gasteiger partial charge in [0.2, 0.25) is 0 Å². The van der Waals surface area contributed by atoms with Crippen LogP contribution in [0.3, 0.4) is 0 Å². The van der Waals surface area contributed by atoms with E-state index in [-0.39, 0.29) is 19.6 Å². The highest BCUT2D eigenvalue weighted by Gasteiger charge is 2.45. The van der Waals surface area contributed by atoms with Gasteiger partial charge in [-0.2, -0.15) is 0 Å². The summed E-state index contributed by atoms with van der Waals surface area (Å²) < 4.78 is 31.1. The zero-order valence-corrected chi connectivity index (χ0v) is 13.2. The molecule has 22 heavy (non-hydrogen) atoms. The summed E-state index contributed by atoms with van der Waals surface area (Å²) in [6.07, 6.45) is -8.60. The summed E-state index contributed by atoms with van der Waals surface area (Å²) in [5.41, 5.74) is 0. The number of phosphoric acid groups is 1. The number of aliphatic hydroxyl groups excluding tert-OH is 4. The average Bonchev–Trinajstić information content (AvgIpc) is 2.46. The second-order valence-electron chi connectivity index (χ2n) is 5.00. The van der Waals surface area contributed by atoms with Gasteiger partial charge in [-0.1, -0.05) is 0 Å². The number of ether oxygens (including phenoxy) is 2. The normalized spacial score (nSPS) is 36.8. The van der Waals surface area contributed by atoms with Crippen molar-refractivity contribution in [3.8, 4) is 0 Å². The van der Waals surface area contributed by atoms with Crippen LogP contribution in [0.5, 0.6) is 0 Å². The number of aliphatic hydroxyl groups is 4. The average molecular weight is 346 g/mol. The van der Waals surface area contributed by atoms with E-state index >= 15 is 0 Å². The molecule has 5 N–H and O–H groups in total. The largest absolute Gasteiger partial charge is 0.472 e. The van der Waals surface area contributed by atoms with Gasteiger partial charge in [0.25, 0.3) is 0 Å². The Hall–Kier alpha value is -0.130. The Kier molecular flexibility index (Phi) is 7.83. The highest BCUT2D eigenvalue weighted by Crippen LogP contribution is 2.47. The molecule has 0 amide bonds. The monoisotopic (exact) mass is 346 g/mol. The first-order chi connectivity index (χ1) is 10.2. The third-order valence-electron chi connectivity index (χ3n) is 3.33. The zero-order chi connectivity index (χ0) is 16.9. The number of methoxy groups -OCH3 is 2. The fourth-order valence-corrected chi connectivity index (χ4v) is 2.99. The van der Waals surface area contributed by atoms with Crippen molar-refractivity contribution < 1.29 is 48.4 Å². The van der Waals surface area contributed by atoms with Gasteiger partial charge < -0.3 is 34.8 Å². The topological polar surface area (TPSA) is 155 Å². The van der Waals surface area contributed by atoms with Crippen LogP contribution in [0.25, 0.3) is 0 Å². The maximum absolute atomic E-state index is 11.8. The van der Waals surface area contributed by atoms with Crippen LogP contribution in [0.1, 0.15) is 6.42 Å². The zero-order valence-electron chi connectivity index (χ0n) is 12.3. The van der Waals surface area contributed by atoms with Crippen molar-refractivity contribution in [3.63, 3.8) is 0 Å². The van der Waals surface area contributed by atoms with Crippen LogP contribution in [0.2, 0.25) is 0 Å². The molecule has 1 rings (SSSR count). The van der Waals surface area contributed by atoms with Crippen LogP contribution < -0.4 is 0 Å². The second kappa shape index (κ2) is 8.65. The van der Waals surface area contributed by atoms with E-state index in [2.05, 4.69) is 0 Å². The lowest BCUT2D eigenvalue weighted by Crippen LogP contribution is -2.56. The molecule has 0 aliphatic heterocycles. The SMILES string of the molecule is COCC(COP(=O)(O)OC1CC(O)C(O)C(O)C1O)OC. The molecule has 0 radical (unpaired) electrons. The summed E-state index contributed by atoms with van der Waals surface area (Å²) in [5, 5.41) is 38.1. The highest BCUT2D eigenvalue weighted by molar-refractivity contribution is 7.47. The van der Waals surface area contributed by atoms with E-state index in [1.807, 2.05) is 0 Å². The molecule has 1 aliphatic carbocycles. The Balaban J connectivity index is 2.58. The molecule has 0 aromatic heterocycles. The van der Waals surface area contributed by atoms with Gasteiger partial charge in [0.05, 0.1) is 19.3 Å². The lowest BCUT2D eigenvalue weighted by Gasteiger charge is -2.38. The van der Waals surface area contributed by atoms with Gasteiger partial charge in [-0.25, -0.2) is 4.57 Å². The molecule has 7 unspecified atom stereocenters. The molecule has 7 atom stereocenters. The van der Waals surface area contributed by atoms with Crippen LogP contribution in [0.4, 0.5) is 0 Å². The lowest BCUT2D eigenvalue weighted by atomic mass is 9.87. The fourth-order valence-electron chi connectivity index (χ4n) is 2.02. The first kappa shape index (κ1) is 19.9. The maximum Gasteiger partial charge on any atom is 0.472 e. The van der Waals surface area contributed by atoms with Gasteiger partial charge in [-0.05, 0) is 0 Å². The molecule has 0 saturated heterocycles. The number of hydrogen-bond donors (Lipinski definition) is 5. The van der Waals surface area contributed by atoms with E-state index < -0.39 is 44.4 Å². The molecule has 1 fully saturated rings. The predicted molar refractivity (Wildman–Crippen MR) is 72.0 cm³/mol. The molecular weight excluding hydrogens is 323 g/mol. The molecule has 11 heteroatoms. The van der Waals surface area contributed by atoms with Crippen molar-refractivity contribution in [3.05, 3.63) is 0 Å². The lowest BCUT2D eigenvalue weighted by molar-refractivity contribution is -0.174. The quantitative estimate of drug-likeness (QED) is 0.311. The summed E-state index contributed by atoms with van der Waals surface area (Å²) in [6.45, 7) is -0.166. The number of rotatable bonds is 8. The molecular formula is C11H23O10P. The van der Waals surface area contributed by atoms with Crippen LogP contribution in [-0.2, 0) is 23.1 Å². The first-order valence-corrected chi connectivity index (χ1v) is 8.11. The van der Waals surface area contributed by atoms with E-state index in [1.54, 1.807) is 0 Å². The minimum Gasteiger partial charge on any atom is -0.390 e. The predicted octanol–water partition coefficient (Wildman–Crippen LogP) is -2.00. The Morgan fingerprint density at radius 3 is 2.27 bits per heavy atom. The van der Waals surface area contributed by atoms with E-state index in [0.717, 1.165) is 0 Å². The molecule has 1 aliphatic rings. The number of hydrogen-bond acceptors (Lipinski definition) is 9. The molecule has 0 bridgehead atoms. The maximum atomic E-state index is 11.8. The molecule has 0 spiro atoms. The molecule has 132 valence electrons. The van der Waals surface area contributed by atoms with E-state index in [4.69, 9.17) is 18.5 Å². The van der Waals surface area contributed by atoms with Gasteiger partial charge in [0.1, 0.15) is 30.5 Å². The molecule has 0 aromatic rings. The second-order valence-corrected chi connectivity index (χ2v) is 6.40. The molecule has 1 saturated carbocycles. The minimum absolute atomic E-state index is 0.131. The van der Waals surface area contributed by atoms with Crippen molar-refractivity contribution in [2.75, 3.05) is 27.4 Å². The van der Waals surface area contributed by atoms with Gasteiger partial charge in [-0.3, -0.25) is 9.05 Å². The van der Waals surface area contributed by atoms with Crippen LogP contribution >= 0.6 is 7.82 Å². The summed E-state index contributed by atoms with van der Waals surface area (Å²) in [6, 6.07) is 0. The van der Waals surface area contributed by atoms with Gasteiger partial charge in [0, 0.05) is 20.6 Å². The molecule has 0 aromatic carbocycles. The van der Waals surface area contributed by atoms with Crippen LogP contribution in [0, 0.1) is 0 Å². The molecule has 0 heterocycles. The van der Waals surface area contributed by atoms with E-state index in [1.165, 1.54) is 14.2 Å². The summed E-state index contributed by atoms with van der Waals surface area (Å²) >= 11 is 0. The van der Waals surface area contributed by atoms with Crippen molar-refractivity contribution >= 4 is 7.82 Å². The standard InChI is InChI=1S/C11H23O10P/c1-18-4-6(19-2)5-20-22(16,17)21-8-3-7(12)9(13)11(15)10(8)14/h6-15H,3-5H2,1-2H3,(H,16,17). The van der Waals surface area contributed by atoms with Gasteiger partial charge in [0.15, 0.2) is 0 Å². The van der Waals surface area contributed by atoms with Crippen LogP contribution in [-0.4, -0.2) is 89.4 Å². The van der Waals surface area contributed by atoms with E-state index in [9.17, 15) is 29.9 Å². The Morgan fingerprint density at radius 2 is 1.73 bits per heavy atom.